The molecular formula is C20H22N4OS. The summed E-state index contributed by atoms with van der Waals surface area (Å²) in [4.78, 5) is 22.7. The highest BCUT2D eigenvalue weighted by atomic mass is 32.1. The molecule has 134 valence electrons. The first-order chi connectivity index (χ1) is 12.8. The summed E-state index contributed by atoms with van der Waals surface area (Å²) < 4.78 is 2.05. The molecule has 0 atom stereocenters. The summed E-state index contributed by atoms with van der Waals surface area (Å²) in [7, 11) is 0. The van der Waals surface area contributed by atoms with Crippen LogP contribution in [0.1, 0.15) is 20.9 Å². The van der Waals surface area contributed by atoms with E-state index in [1.807, 2.05) is 41.7 Å². The van der Waals surface area contributed by atoms with Crippen LogP contribution in [0.25, 0.3) is 0 Å². The first-order valence-electron chi connectivity index (χ1n) is 8.87. The van der Waals surface area contributed by atoms with Crippen molar-refractivity contribution in [2.45, 2.75) is 13.1 Å². The zero-order valence-corrected chi connectivity index (χ0v) is 15.4. The number of carbonyl (C=O) groups is 1. The molecule has 0 unspecified atom stereocenters. The van der Waals surface area contributed by atoms with E-state index < -0.39 is 0 Å². The SMILES string of the molecule is O=C(c1cccn1Cc1cccs1)N1CCN(Cc2ccncc2)CC1. The maximum Gasteiger partial charge on any atom is 0.270 e. The minimum atomic E-state index is 0.134. The predicted molar refractivity (Wildman–Crippen MR) is 103 cm³/mol. The Morgan fingerprint density at radius 1 is 1.00 bits per heavy atom. The molecule has 0 aromatic carbocycles. The van der Waals surface area contributed by atoms with Gasteiger partial charge in [0.2, 0.25) is 0 Å². The average Bonchev–Trinajstić information content (AvgIpc) is 3.35. The quantitative estimate of drug-likeness (QED) is 0.697. The lowest BCUT2D eigenvalue weighted by Crippen LogP contribution is -2.48. The first-order valence-corrected chi connectivity index (χ1v) is 9.75. The molecule has 6 heteroatoms. The van der Waals surface area contributed by atoms with Gasteiger partial charge in [-0.15, -0.1) is 11.3 Å². The lowest BCUT2D eigenvalue weighted by molar-refractivity contribution is 0.0618. The summed E-state index contributed by atoms with van der Waals surface area (Å²) in [5.74, 6) is 0.134. The van der Waals surface area contributed by atoms with Crippen LogP contribution in [0.2, 0.25) is 0 Å². The van der Waals surface area contributed by atoms with Crippen molar-refractivity contribution < 1.29 is 4.79 Å². The highest BCUT2D eigenvalue weighted by Crippen LogP contribution is 2.16. The van der Waals surface area contributed by atoms with Crippen LogP contribution in [0, 0.1) is 0 Å². The van der Waals surface area contributed by atoms with Crippen molar-refractivity contribution in [2.24, 2.45) is 0 Å². The van der Waals surface area contributed by atoms with E-state index >= 15 is 0 Å². The smallest absolute Gasteiger partial charge is 0.270 e. The monoisotopic (exact) mass is 366 g/mol. The highest BCUT2D eigenvalue weighted by Gasteiger charge is 2.24. The summed E-state index contributed by atoms with van der Waals surface area (Å²) in [5, 5.41) is 2.07. The van der Waals surface area contributed by atoms with Crippen molar-refractivity contribution in [3.05, 3.63) is 76.5 Å². The maximum atomic E-state index is 13.0. The number of thiophene rings is 1. The van der Waals surface area contributed by atoms with E-state index in [9.17, 15) is 4.79 Å². The highest BCUT2D eigenvalue weighted by molar-refractivity contribution is 7.09. The molecular weight excluding hydrogens is 344 g/mol. The molecule has 0 aliphatic carbocycles. The Morgan fingerprint density at radius 2 is 1.81 bits per heavy atom. The van der Waals surface area contributed by atoms with Crippen molar-refractivity contribution in [3.63, 3.8) is 0 Å². The molecule has 0 saturated carbocycles. The number of nitrogens with zero attached hydrogens (tertiary/aromatic N) is 4. The van der Waals surface area contributed by atoms with E-state index in [2.05, 4.69) is 38.0 Å². The Balaban J connectivity index is 1.36. The number of hydrogen-bond acceptors (Lipinski definition) is 4. The molecule has 1 fully saturated rings. The van der Waals surface area contributed by atoms with Gasteiger partial charge in [0.1, 0.15) is 5.69 Å². The van der Waals surface area contributed by atoms with Crippen LogP contribution in [-0.2, 0) is 13.1 Å². The van der Waals surface area contributed by atoms with Gasteiger partial charge < -0.3 is 9.47 Å². The number of pyridine rings is 1. The number of carbonyl (C=O) groups excluding carboxylic acids is 1. The van der Waals surface area contributed by atoms with Crippen LogP contribution in [0.15, 0.2) is 60.4 Å². The van der Waals surface area contributed by atoms with Gasteiger partial charge in [0.25, 0.3) is 5.91 Å². The van der Waals surface area contributed by atoms with E-state index in [0.29, 0.717) is 0 Å². The predicted octanol–water partition coefficient (Wildman–Crippen LogP) is 2.95. The summed E-state index contributed by atoms with van der Waals surface area (Å²) in [6.45, 7) is 5.02. The molecule has 4 rings (SSSR count). The number of aromatic nitrogens is 2. The fourth-order valence-electron chi connectivity index (χ4n) is 3.33. The normalized spacial score (nSPS) is 15.3. The topological polar surface area (TPSA) is 41.4 Å². The molecule has 1 amide bonds. The molecule has 3 aromatic rings. The lowest BCUT2D eigenvalue weighted by Gasteiger charge is -2.34. The third kappa shape index (κ3) is 3.86. The molecule has 5 nitrogen and oxygen atoms in total. The zero-order valence-electron chi connectivity index (χ0n) is 14.6. The molecule has 3 aromatic heterocycles. The fraction of sp³-hybridized carbons (Fsp3) is 0.300. The van der Waals surface area contributed by atoms with Gasteiger partial charge in [-0.25, -0.2) is 0 Å². The van der Waals surface area contributed by atoms with Gasteiger partial charge in [0.05, 0.1) is 6.54 Å². The fourth-order valence-corrected chi connectivity index (χ4v) is 4.04. The lowest BCUT2D eigenvalue weighted by atomic mass is 10.2. The number of piperazine rings is 1. The largest absolute Gasteiger partial charge is 0.338 e. The number of amides is 1. The van der Waals surface area contributed by atoms with E-state index in [1.54, 1.807) is 11.3 Å². The molecule has 0 N–H and O–H groups in total. The third-order valence-electron chi connectivity index (χ3n) is 4.77. The van der Waals surface area contributed by atoms with Crippen LogP contribution in [-0.4, -0.2) is 51.4 Å². The molecule has 0 bridgehead atoms. The minimum absolute atomic E-state index is 0.134. The van der Waals surface area contributed by atoms with Crippen molar-refractivity contribution >= 4 is 17.2 Å². The molecule has 0 spiro atoms. The van der Waals surface area contributed by atoms with Gasteiger partial charge in [-0.3, -0.25) is 14.7 Å². The Kier molecular flexibility index (Phi) is 5.13. The van der Waals surface area contributed by atoms with Crippen LogP contribution < -0.4 is 0 Å². The molecule has 0 radical (unpaired) electrons. The Hall–Kier alpha value is -2.44. The van der Waals surface area contributed by atoms with Crippen LogP contribution in [0.5, 0.6) is 0 Å². The van der Waals surface area contributed by atoms with Gasteiger partial charge in [-0.05, 0) is 41.3 Å². The molecule has 1 aliphatic rings. The van der Waals surface area contributed by atoms with Crippen molar-refractivity contribution in [1.29, 1.82) is 0 Å². The van der Waals surface area contributed by atoms with Crippen LogP contribution in [0.3, 0.4) is 0 Å². The summed E-state index contributed by atoms with van der Waals surface area (Å²) in [6, 6.07) is 12.1. The Bertz CT molecular complexity index is 836. The van der Waals surface area contributed by atoms with Gasteiger partial charge in [0.15, 0.2) is 0 Å². The summed E-state index contributed by atoms with van der Waals surface area (Å²) in [6.07, 6.45) is 5.65. The second kappa shape index (κ2) is 7.85. The van der Waals surface area contributed by atoms with Crippen molar-refractivity contribution in [1.82, 2.24) is 19.4 Å². The van der Waals surface area contributed by atoms with Gasteiger partial charge in [-0.1, -0.05) is 6.07 Å². The van der Waals surface area contributed by atoms with E-state index in [4.69, 9.17) is 0 Å². The van der Waals surface area contributed by atoms with E-state index in [-0.39, 0.29) is 5.91 Å². The molecule has 1 aliphatic heterocycles. The minimum Gasteiger partial charge on any atom is -0.338 e. The molecule has 4 heterocycles. The summed E-state index contributed by atoms with van der Waals surface area (Å²) in [5.41, 5.74) is 2.05. The van der Waals surface area contributed by atoms with Crippen LogP contribution >= 0.6 is 11.3 Å². The number of rotatable bonds is 5. The Morgan fingerprint density at radius 3 is 2.54 bits per heavy atom. The first kappa shape index (κ1) is 17.0. The molecule has 1 saturated heterocycles. The third-order valence-corrected chi connectivity index (χ3v) is 5.63. The van der Waals surface area contributed by atoms with Gasteiger partial charge >= 0.3 is 0 Å². The molecule has 26 heavy (non-hydrogen) atoms. The van der Waals surface area contributed by atoms with E-state index in [0.717, 1.165) is 45.0 Å². The Labute approximate surface area is 157 Å². The van der Waals surface area contributed by atoms with E-state index in [1.165, 1.54) is 10.4 Å². The number of hydrogen-bond donors (Lipinski definition) is 0. The average molecular weight is 366 g/mol. The second-order valence-electron chi connectivity index (χ2n) is 6.52. The van der Waals surface area contributed by atoms with Crippen LogP contribution in [0.4, 0.5) is 0 Å². The van der Waals surface area contributed by atoms with Crippen molar-refractivity contribution in [2.75, 3.05) is 26.2 Å². The van der Waals surface area contributed by atoms with Gasteiger partial charge in [-0.2, -0.15) is 0 Å². The standard InChI is InChI=1S/C20H22N4OS/c25-20(19-4-1-9-24(19)16-18-3-2-14-26-18)23-12-10-22(11-13-23)15-17-5-7-21-8-6-17/h1-9,14H,10-13,15-16H2. The maximum absolute atomic E-state index is 13.0. The van der Waals surface area contributed by atoms with Gasteiger partial charge in [0, 0.05) is 56.2 Å². The second-order valence-corrected chi connectivity index (χ2v) is 7.56. The van der Waals surface area contributed by atoms with Crippen molar-refractivity contribution in [3.8, 4) is 0 Å². The summed E-state index contributed by atoms with van der Waals surface area (Å²) >= 11 is 1.72. The zero-order chi connectivity index (χ0) is 17.8.